The van der Waals surface area contributed by atoms with Gasteiger partial charge in [-0.1, -0.05) is 195 Å². The Morgan fingerprint density at radius 3 is 0.974 bits per heavy atom. The molecule has 0 heterocycles. The van der Waals surface area contributed by atoms with Gasteiger partial charge in [0.05, 0.1) is 0 Å². The van der Waals surface area contributed by atoms with Crippen LogP contribution >= 0.6 is 0 Å². The first-order valence-electron chi connectivity index (χ1n) is 17.9. The second-order valence-corrected chi connectivity index (χ2v) is 13.5. The molecule has 0 rings (SSSR count). The highest BCUT2D eigenvalue weighted by Crippen LogP contribution is 2.16. The second-order valence-electron chi connectivity index (χ2n) is 13.5. The molecule has 1 heteroatoms. The van der Waals surface area contributed by atoms with Crippen LogP contribution in [0.25, 0.3) is 0 Å². The molecule has 0 aromatic carbocycles. The summed E-state index contributed by atoms with van der Waals surface area (Å²) >= 11 is 0. The van der Waals surface area contributed by atoms with E-state index in [1.807, 2.05) is 0 Å². The van der Waals surface area contributed by atoms with E-state index in [-0.39, 0.29) is 0 Å². The van der Waals surface area contributed by atoms with Crippen LogP contribution in [0.3, 0.4) is 0 Å². The van der Waals surface area contributed by atoms with Gasteiger partial charge in [0.15, 0.2) is 0 Å². The van der Waals surface area contributed by atoms with Gasteiger partial charge in [0.25, 0.3) is 0 Å². The summed E-state index contributed by atoms with van der Waals surface area (Å²) in [6.07, 6.45) is 39.9. The number of allylic oxidation sites excluding steroid dienone is 1. The van der Waals surface area contributed by atoms with Crippen molar-refractivity contribution >= 4 is 0 Å². The molecule has 0 aliphatic carbocycles. The molecule has 0 fully saturated rings. The Balaban J connectivity index is 3.16. The van der Waals surface area contributed by atoms with Crippen LogP contribution in [-0.4, -0.2) is 6.54 Å². The van der Waals surface area contributed by atoms with E-state index >= 15 is 0 Å². The molecule has 0 unspecified atom stereocenters. The molecule has 0 saturated heterocycles. The lowest BCUT2D eigenvalue weighted by Gasteiger charge is -2.09. The summed E-state index contributed by atoms with van der Waals surface area (Å²) in [6, 6.07) is 0. The van der Waals surface area contributed by atoms with Crippen molar-refractivity contribution < 1.29 is 0 Å². The lowest BCUT2D eigenvalue weighted by atomic mass is 10.0. The molecule has 0 radical (unpaired) electrons. The molecule has 0 aromatic heterocycles. The van der Waals surface area contributed by atoms with E-state index in [2.05, 4.69) is 39.6 Å². The van der Waals surface area contributed by atoms with Crippen LogP contribution in [0.1, 0.15) is 207 Å². The lowest BCUT2D eigenvalue weighted by molar-refractivity contribution is 0.502. The largest absolute Gasteiger partial charge is 0.389 e. The normalized spacial score (nSPS) is 11.6. The zero-order valence-electron chi connectivity index (χ0n) is 27.4. The molecule has 0 saturated carbocycles. The number of hydrogen-bond acceptors (Lipinski definition) is 1. The van der Waals surface area contributed by atoms with Crippen molar-refractivity contribution in [2.75, 3.05) is 6.54 Å². The fraction of sp³-hybridized carbons (Fsp3) is 0.946. The van der Waals surface area contributed by atoms with Crippen LogP contribution < -0.4 is 5.32 Å². The van der Waals surface area contributed by atoms with Gasteiger partial charge in [-0.2, -0.15) is 0 Å². The van der Waals surface area contributed by atoms with Gasteiger partial charge in [-0.3, -0.25) is 0 Å². The summed E-state index contributed by atoms with van der Waals surface area (Å²) in [5.74, 6) is 1.77. The summed E-state index contributed by atoms with van der Waals surface area (Å²) in [6.45, 7) is 14.8. The third-order valence-corrected chi connectivity index (χ3v) is 8.34. The monoisotopic (exact) mass is 534 g/mol. The molecule has 0 bridgehead atoms. The van der Waals surface area contributed by atoms with Crippen molar-refractivity contribution in [3.8, 4) is 0 Å². The first kappa shape index (κ1) is 37.5. The second kappa shape index (κ2) is 31.1. The summed E-state index contributed by atoms with van der Waals surface area (Å²) in [5, 5.41) is 3.59. The zero-order valence-corrected chi connectivity index (χ0v) is 27.4. The van der Waals surface area contributed by atoms with Crippen molar-refractivity contribution in [2.24, 2.45) is 11.8 Å². The molecular weight excluding hydrogens is 458 g/mol. The lowest BCUT2D eigenvalue weighted by Crippen LogP contribution is -2.13. The van der Waals surface area contributed by atoms with Crippen LogP contribution in [0.15, 0.2) is 12.3 Å². The Labute approximate surface area is 243 Å². The van der Waals surface area contributed by atoms with Crippen molar-refractivity contribution in [3.05, 3.63) is 12.3 Å². The fourth-order valence-corrected chi connectivity index (χ4v) is 5.63. The summed E-state index contributed by atoms with van der Waals surface area (Å²) in [7, 11) is 0. The molecule has 38 heavy (non-hydrogen) atoms. The minimum absolute atomic E-state index is 0.887. The van der Waals surface area contributed by atoms with Crippen molar-refractivity contribution in [2.45, 2.75) is 207 Å². The predicted molar refractivity (Wildman–Crippen MR) is 176 cm³/mol. The minimum atomic E-state index is 0.887. The van der Waals surface area contributed by atoms with E-state index in [0.29, 0.717) is 0 Å². The number of rotatable bonds is 32. The standard InChI is InChI=1S/C37H75N/c1-35(2)31-27-23-19-15-11-7-6-10-14-18-22-26-30-34-38-37(5)33-29-25-21-17-13-9-8-12-16-20-24-28-32-36(3)4/h35-36,38H,5-34H2,1-4H3. The van der Waals surface area contributed by atoms with Gasteiger partial charge in [-0.15, -0.1) is 0 Å². The quantitative estimate of drug-likeness (QED) is 0.0847. The first-order valence-corrected chi connectivity index (χ1v) is 17.9. The van der Waals surface area contributed by atoms with Gasteiger partial charge in [-0.25, -0.2) is 0 Å². The maximum absolute atomic E-state index is 4.26. The summed E-state index contributed by atoms with van der Waals surface area (Å²) in [4.78, 5) is 0. The highest BCUT2D eigenvalue weighted by atomic mass is 14.9. The molecule has 0 aliphatic heterocycles. The first-order chi connectivity index (χ1) is 18.5. The van der Waals surface area contributed by atoms with Gasteiger partial charge in [-0.05, 0) is 31.1 Å². The Morgan fingerprint density at radius 2 is 0.658 bits per heavy atom. The van der Waals surface area contributed by atoms with Crippen LogP contribution in [0, 0.1) is 11.8 Å². The zero-order chi connectivity index (χ0) is 27.9. The Kier molecular flexibility index (Phi) is 30.7. The van der Waals surface area contributed by atoms with Crippen LogP contribution in [-0.2, 0) is 0 Å². The molecule has 0 amide bonds. The molecular formula is C37H75N. The third kappa shape index (κ3) is 33.6. The maximum atomic E-state index is 4.26. The van der Waals surface area contributed by atoms with Gasteiger partial charge in [0.2, 0.25) is 0 Å². The van der Waals surface area contributed by atoms with E-state index in [1.54, 1.807) is 0 Å². The van der Waals surface area contributed by atoms with Gasteiger partial charge < -0.3 is 5.32 Å². The third-order valence-electron chi connectivity index (χ3n) is 8.34. The Bertz CT molecular complexity index is 452. The summed E-state index contributed by atoms with van der Waals surface area (Å²) < 4.78 is 0. The van der Waals surface area contributed by atoms with E-state index in [0.717, 1.165) is 18.4 Å². The van der Waals surface area contributed by atoms with E-state index < -0.39 is 0 Å². The minimum Gasteiger partial charge on any atom is -0.389 e. The van der Waals surface area contributed by atoms with Crippen LogP contribution in [0.2, 0.25) is 0 Å². The smallest absolute Gasteiger partial charge is 0.0143 e. The number of hydrogen-bond donors (Lipinski definition) is 1. The fourth-order valence-electron chi connectivity index (χ4n) is 5.63. The Hall–Kier alpha value is -0.460. The molecule has 0 spiro atoms. The number of nitrogens with one attached hydrogen (secondary N) is 1. The average molecular weight is 534 g/mol. The highest BCUT2D eigenvalue weighted by molar-refractivity contribution is 4.90. The van der Waals surface area contributed by atoms with Gasteiger partial charge in [0.1, 0.15) is 0 Å². The van der Waals surface area contributed by atoms with E-state index in [9.17, 15) is 0 Å². The van der Waals surface area contributed by atoms with E-state index in [1.165, 1.54) is 185 Å². The van der Waals surface area contributed by atoms with Crippen molar-refractivity contribution in [3.63, 3.8) is 0 Å². The maximum Gasteiger partial charge on any atom is 0.0143 e. The molecule has 0 aliphatic rings. The molecule has 0 atom stereocenters. The Morgan fingerprint density at radius 1 is 0.395 bits per heavy atom. The molecule has 1 nitrogen and oxygen atoms in total. The average Bonchev–Trinajstić information content (AvgIpc) is 2.88. The van der Waals surface area contributed by atoms with E-state index in [4.69, 9.17) is 0 Å². The topological polar surface area (TPSA) is 12.0 Å². The van der Waals surface area contributed by atoms with Crippen LogP contribution in [0.5, 0.6) is 0 Å². The van der Waals surface area contributed by atoms with Crippen molar-refractivity contribution in [1.29, 1.82) is 0 Å². The van der Waals surface area contributed by atoms with Gasteiger partial charge >= 0.3 is 0 Å². The molecule has 0 aromatic rings. The molecule has 228 valence electrons. The number of unbranched alkanes of at least 4 members (excludes halogenated alkanes) is 23. The SMILES string of the molecule is C=C(CCCCCCCCCCCCCCC(C)C)NCCCCCCCCCCCCCCCC(C)C. The molecule has 1 N–H and O–H groups in total. The predicted octanol–water partition coefficient (Wildman–Crippen LogP) is 13.3. The highest BCUT2D eigenvalue weighted by Gasteiger charge is 1.99. The van der Waals surface area contributed by atoms with Crippen LogP contribution in [0.4, 0.5) is 0 Å². The summed E-state index contributed by atoms with van der Waals surface area (Å²) in [5.41, 5.74) is 1.28. The van der Waals surface area contributed by atoms with Gasteiger partial charge in [0, 0.05) is 12.2 Å². The van der Waals surface area contributed by atoms with Crippen molar-refractivity contribution in [1.82, 2.24) is 5.32 Å².